The van der Waals surface area contributed by atoms with Crippen LogP contribution in [0.1, 0.15) is 39.0 Å². The summed E-state index contributed by atoms with van der Waals surface area (Å²) >= 11 is 0. The Morgan fingerprint density at radius 1 is 1.50 bits per heavy atom. The van der Waals surface area contributed by atoms with Gasteiger partial charge in [0.2, 0.25) is 5.91 Å². The van der Waals surface area contributed by atoms with Gasteiger partial charge >= 0.3 is 0 Å². The van der Waals surface area contributed by atoms with Crippen molar-refractivity contribution in [2.45, 2.75) is 39.0 Å². The molecule has 0 bridgehead atoms. The lowest BCUT2D eigenvalue weighted by molar-refractivity contribution is -0.117. The highest BCUT2D eigenvalue weighted by atomic mass is 16.1. The Morgan fingerprint density at radius 3 is 3.08 bits per heavy atom. The van der Waals surface area contributed by atoms with Crippen LogP contribution in [0.3, 0.4) is 0 Å². The number of carbonyl (C=O) groups is 1. The predicted octanol–water partition coefficient (Wildman–Crippen LogP) is 2.49. The number of rotatable bonds is 2. The molecule has 0 aromatic carbocycles. The van der Waals surface area contributed by atoms with E-state index in [4.69, 9.17) is 0 Å². The van der Waals surface area contributed by atoms with Gasteiger partial charge in [-0.05, 0) is 25.3 Å². The third kappa shape index (κ3) is 2.99. The fourth-order valence-electron chi connectivity index (χ4n) is 1.37. The van der Waals surface area contributed by atoms with Gasteiger partial charge in [-0.1, -0.05) is 18.9 Å². The van der Waals surface area contributed by atoms with Crippen LogP contribution in [-0.4, -0.2) is 12.1 Å². The molecule has 1 aliphatic rings. The minimum Gasteiger partial charge on any atom is -0.273 e. The maximum atomic E-state index is 10.9. The lowest BCUT2D eigenvalue weighted by Crippen LogP contribution is -1.97. The van der Waals surface area contributed by atoms with Crippen molar-refractivity contribution in [3.63, 3.8) is 0 Å². The Hall–Kier alpha value is -0.920. The molecule has 0 radical (unpaired) electrons. The molecule has 0 aromatic rings. The molecule has 0 saturated heterocycles. The Morgan fingerprint density at radius 2 is 2.33 bits per heavy atom. The van der Waals surface area contributed by atoms with Crippen LogP contribution >= 0.6 is 0 Å². The molecule has 0 aromatic heterocycles. The summed E-state index contributed by atoms with van der Waals surface area (Å²) in [5.41, 5.74) is 1.42. The first-order valence-electron chi connectivity index (χ1n) is 4.58. The Labute approximate surface area is 73.4 Å². The second-order valence-electron chi connectivity index (χ2n) is 3.10. The first-order valence-corrected chi connectivity index (χ1v) is 4.58. The fourth-order valence-corrected chi connectivity index (χ4v) is 1.37. The predicted molar refractivity (Wildman–Crippen MR) is 50.3 cm³/mol. The Balaban J connectivity index is 2.56. The Kier molecular flexibility index (Phi) is 3.71. The van der Waals surface area contributed by atoms with Gasteiger partial charge in [0.15, 0.2) is 0 Å². The van der Waals surface area contributed by atoms with Gasteiger partial charge in [0.05, 0.1) is 0 Å². The van der Waals surface area contributed by atoms with Crippen LogP contribution in [0, 0.1) is 0 Å². The first kappa shape index (κ1) is 9.17. The summed E-state index contributed by atoms with van der Waals surface area (Å²) in [5.74, 6) is 0.0156. The number of nitrogens with zero attached hydrogens (tertiary/aromatic N) is 1. The van der Waals surface area contributed by atoms with Crippen LogP contribution in [0.15, 0.2) is 16.6 Å². The van der Waals surface area contributed by atoms with Crippen molar-refractivity contribution in [1.82, 2.24) is 0 Å². The average molecular weight is 165 g/mol. The van der Waals surface area contributed by atoms with E-state index in [1.807, 2.05) is 6.08 Å². The summed E-state index contributed by atoms with van der Waals surface area (Å²) in [4.78, 5) is 14.6. The van der Waals surface area contributed by atoms with Crippen LogP contribution in [0.25, 0.3) is 0 Å². The van der Waals surface area contributed by atoms with Crippen LogP contribution in [0.4, 0.5) is 0 Å². The van der Waals surface area contributed by atoms with E-state index in [1.54, 1.807) is 6.21 Å². The molecule has 1 aliphatic heterocycles. The highest BCUT2D eigenvalue weighted by Crippen LogP contribution is 2.14. The van der Waals surface area contributed by atoms with Crippen LogP contribution in [0.2, 0.25) is 0 Å². The second kappa shape index (κ2) is 4.86. The van der Waals surface area contributed by atoms with Gasteiger partial charge < -0.3 is 0 Å². The zero-order chi connectivity index (χ0) is 8.81. The fraction of sp³-hybridized carbons (Fsp3) is 0.600. The summed E-state index contributed by atoms with van der Waals surface area (Å²) in [6.07, 6.45) is 8.58. The molecule has 0 aliphatic carbocycles. The maximum absolute atomic E-state index is 10.9. The highest BCUT2D eigenvalue weighted by molar-refractivity contribution is 5.89. The topological polar surface area (TPSA) is 29.4 Å². The van der Waals surface area contributed by atoms with Crippen molar-refractivity contribution in [3.05, 3.63) is 11.6 Å². The number of amides is 1. The third-order valence-corrected chi connectivity index (χ3v) is 1.99. The molecule has 66 valence electrons. The van der Waals surface area contributed by atoms with Crippen LogP contribution in [0.5, 0.6) is 0 Å². The smallest absolute Gasteiger partial charge is 0.245 e. The Bertz CT molecular complexity index is 216. The largest absolute Gasteiger partial charge is 0.273 e. The van der Waals surface area contributed by atoms with Crippen molar-refractivity contribution in [2.24, 2.45) is 4.99 Å². The van der Waals surface area contributed by atoms with E-state index in [1.165, 1.54) is 12.0 Å². The van der Waals surface area contributed by atoms with E-state index in [9.17, 15) is 4.79 Å². The van der Waals surface area contributed by atoms with Gasteiger partial charge in [-0.15, -0.1) is 0 Å². The van der Waals surface area contributed by atoms with Crippen molar-refractivity contribution >= 4 is 12.1 Å². The lowest BCUT2D eigenvalue weighted by Gasteiger charge is -2.05. The summed E-state index contributed by atoms with van der Waals surface area (Å²) in [6, 6.07) is 0. The summed E-state index contributed by atoms with van der Waals surface area (Å²) in [7, 11) is 0. The second-order valence-corrected chi connectivity index (χ2v) is 3.10. The summed E-state index contributed by atoms with van der Waals surface area (Å²) < 4.78 is 0. The minimum atomic E-state index is 0.0156. The molecular formula is C10H15NO. The molecule has 12 heavy (non-hydrogen) atoms. The van der Waals surface area contributed by atoms with E-state index in [2.05, 4.69) is 11.9 Å². The molecule has 0 unspecified atom stereocenters. The molecule has 0 saturated carbocycles. The number of allylic oxidation sites excluding steroid dienone is 2. The molecular weight excluding hydrogens is 150 g/mol. The molecule has 0 spiro atoms. The first-order chi connectivity index (χ1) is 5.83. The molecule has 1 heterocycles. The van der Waals surface area contributed by atoms with Gasteiger partial charge in [-0.3, -0.25) is 4.79 Å². The number of hydrogen-bond donors (Lipinski definition) is 0. The van der Waals surface area contributed by atoms with E-state index in [0.29, 0.717) is 6.42 Å². The zero-order valence-corrected chi connectivity index (χ0v) is 7.55. The summed E-state index contributed by atoms with van der Waals surface area (Å²) in [5, 5.41) is 0. The molecule has 2 heteroatoms. The van der Waals surface area contributed by atoms with Crippen molar-refractivity contribution in [1.29, 1.82) is 0 Å². The van der Waals surface area contributed by atoms with E-state index >= 15 is 0 Å². The maximum Gasteiger partial charge on any atom is 0.245 e. The van der Waals surface area contributed by atoms with Crippen molar-refractivity contribution < 1.29 is 4.79 Å². The SMILES string of the molecule is CCC/C1=C/C=NC(=O)CCC1. The molecule has 2 nitrogen and oxygen atoms in total. The van der Waals surface area contributed by atoms with Gasteiger partial charge in [0.1, 0.15) is 0 Å². The third-order valence-electron chi connectivity index (χ3n) is 1.99. The number of hydrogen-bond acceptors (Lipinski definition) is 1. The van der Waals surface area contributed by atoms with Gasteiger partial charge in [0, 0.05) is 12.6 Å². The number of aliphatic imine (C=N–C) groups is 1. The van der Waals surface area contributed by atoms with Gasteiger partial charge in [0.25, 0.3) is 0 Å². The molecule has 0 N–H and O–H groups in total. The van der Waals surface area contributed by atoms with Gasteiger partial charge in [-0.2, -0.15) is 0 Å². The molecule has 1 rings (SSSR count). The highest BCUT2D eigenvalue weighted by Gasteiger charge is 2.03. The minimum absolute atomic E-state index is 0.0156. The van der Waals surface area contributed by atoms with Crippen LogP contribution < -0.4 is 0 Å². The zero-order valence-electron chi connectivity index (χ0n) is 7.55. The monoisotopic (exact) mass is 165 g/mol. The average Bonchev–Trinajstić information content (AvgIpc) is 2.00. The van der Waals surface area contributed by atoms with E-state index in [0.717, 1.165) is 19.3 Å². The van der Waals surface area contributed by atoms with E-state index < -0.39 is 0 Å². The lowest BCUT2D eigenvalue weighted by atomic mass is 10.0. The summed E-state index contributed by atoms with van der Waals surface area (Å²) in [6.45, 7) is 2.17. The van der Waals surface area contributed by atoms with Crippen LogP contribution in [-0.2, 0) is 4.79 Å². The normalized spacial score (nSPS) is 22.8. The van der Waals surface area contributed by atoms with Crippen molar-refractivity contribution in [3.8, 4) is 0 Å². The van der Waals surface area contributed by atoms with Gasteiger partial charge in [-0.25, -0.2) is 4.99 Å². The standard InChI is InChI=1S/C10H15NO/c1-2-4-9-5-3-6-10(12)11-8-7-9/h7-8H,2-6H2,1H3/b9-7-,11-8?. The molecule has 0 fully saturated rings. The van der Waals surface area contributed by atoms with Crippen molar-refractivity contribution in [2.75, 3.05) is 0 Å². The van der Waals surface area contributed by atoms with E-state index in [-0.39, 0.29) is 5.91 Å². The quantitative estimate of drug-likeness (QED) is 0.618. The number of carbonyl (C=O) groups excluding carboxylic acids is 1. The molecule has 0 atom stereocenters. The molecule has 1 amide bonds.